The summed E-state index contributed by atoms with van der Waals surface area (Å²) in [5.41, 5.74) is -0.833. The SMILES string of the molecule is CCNC(=NCc1nnc2n1CCCCC2)NCCc1nc(C(F)(F)F)cs1.I. The molecule has 1 aliphatic rings. The number of aromatic nitrogens is 4. The van der Waals surface area contributed by atoms with E-state index in [1.165, 1.54) is 6.42 Å². The molecule has 0 aromatic carbocycles. The Kier molecular flexibility index (Phi) is 9.11. The second-order valence-corrected chi connectivity index (χ2v) is 7.43. The zero-order chi connectivity index (χ0) is 20.0. The number of guanidine groups is 1. The first-order chi connectivity index (χ1) is 13.5. The highest BCUT2D eigenvalue weighted by Gasteiger charge is 2.33. The fourth-order valence-electron chi connectivity index (χ4n) is 3.00. The summed E-state index contributed by atoms with van der Waals surface area (Å²) in [6, 6.07) is 0. The topological polar surface area (TPSA) is 80.0 Å². The van der Waals surface area contributed by atoms with Gasteiger partial charge < -0.3 is 15.2 Å². The van der Waals surface area contributed by atoms with Crippen molar-refractivity contribution >= 4 is 41.3 Å². The molecule has 1 aliphatic heterocycles. The van der Waals surface area contributed by atoms with Crippen molar-refractivity contribution in [2.45, 2.75) is 58.3 Å². The second-order valence-electron chi connectivity index (χ2n) is 6.49. The first-order valence-electron chi connectivity index (χ1n) is 9.42. The van der Waals surface area contributed by atoms with Gasteiger partial charge in [-0.15, -0.1) is 45.5 Å². The highest BCUT2D eigenvalue weighted by Crippen LogP contribution is 2.30. The Hall–Kier alpha value is -1.44. The fourth-order valence-corrected chi connectivity index (χ4v) is 3.80. The second kappa shape index (κ2) is 11.1. The lowest BCUT2D eigenvalue weighted by Gasteiger charge is -2.11. The van der Waals surface area contributed by atoms with Crippen LogP contribution in [-0.2, 0) is 32.1 Å². The van der Waals surface area contributed by atoms with Crippen molar-refractivity contribution in [3.8, 4) is 0 Å². The van der Waals surface area contributed by atoms with Crippen LogP contribution in [0, 0.1) is 0 Å². The van der Waals surface area contributed by atoms with E-state index in [4.69, 9.17) is 0 Å². The van der Waals surface area contributed by atoms with E-state index in [9.17, 15) is 13.2 Å². The molecule has 162 valence electrons. The van der Waals surface area contributed by atoms with Gasteiger partial charge in [-0.2, -0.15) is 13.2 Å². The van der Waals surface area contributed by atoms with Gasteiger partial charge in [-0.1, -0.05) is 6.42 Å². The molecule has 7 nitrogen and oxygen atoms in total. The number of alkyl halides is 3. The number of hydrogen-bond acceptors (Lipinski definition) is 5. The Morgan fingerprint density at radius 1 is 1.24 bits per heavy atom. The molecule has 0 unspecified atom stereocenters. The van der Waals surface area contributed by atoms with Crippen LogP contribution in [0.1, 0.15) is 48.5 Å². The van der Waals surface area contributed by atoms with E-state index < -0.39 is 11.9 Å². The van der Waals surface area contributed by atoms with Crippen molar-refractivity contribution < 1.29 is 13.2 Å². The minimum Gasteiger partial charge on any atom is -0.357 e. The molecule has 0 bridgehead atoms. The van der Waals surface area contributed by atoms with E-state index in [0.29, 0.717) is 37.0 Å². The van der Waals surface area contributed by atoms with Crippen molar-refractivity contribution in [2.75, 3.05) is 13.1 Å². The molecule has 12 heteroatoms. The van der Waals surface area contributed by atoms with E-state index in [1.807, 2.05) is 6.92 Å². The minimum absolute atomic E-state index is 0. The van der Waals surface area contributed by atoms with Crippen LogP contribution in [0.4, 0.5) is 13.2 Å². The maximum Gasteiger partial charge on any atom is 0.434 e. The number of hydrogen-bond donors (Lipinski definition) is 2. The maximum absolute atomic E-state index is 12.6. The van der Waals surface area contributed by atoms with Gasteiger partial charge in [0.2, 0.25) is 0 Å². The van der Waals surface area contributed by atoms with Gasteiger partial charge in [0.25, 0.3) is 0 Å². The summed E-state index contributed by atoms with van der Waals surface area (Å²) in [5.74, 6) is 2.45. The third-order valence-corrected chi connectivity index (χ3v) is 5.29. The van der Waals surface area contributed by atoms with Gasteiger partial charge in [0, 0.05) is 37.9 Å². The molecular formula is C17H25F3IN7S. The van der Waals surface area contributed by atoms with Gasteiger partial charge in [-0.05, 0) is 19.8 Å². The zero-order valence-electron chi connectivity index (χ0n) is 16.1. The molecule has 0 atom stereocenters. The third kappa shape index (κ3) is 6.79. The van der Waals surface area contributed by atoms with Crippen LogP contribution < -0.4 is 10.6 Å². The molecule has 3 heterocycles. The summed E-state index contributed by atoms with van der Waals surface area (Å²) >= 11 is 1.02. The van der Waals surface area contributed by atoms with Crippen molar-refractivity contribution in [1.82, 2.24) is 30.4 Å². The molecule has 2 aromatic rings. The number of thiazole rings is 1. The van der Waals surface area contributed by atoms with E-state index in [1.54, 1.807) is 0 Å². The number of aliphatic imine (C=N–C) groups is 1. The molecular weight excluding hydrogens is 518 g/mol. The quantitative estimate of drug-likeness (QED) is 0.332. The standard InChI is InChI=1S/C17H24F3N7S.HI/c1-2-21-16(22-8-7-15-24-12(11-28-15)17(18,19)20)23-10-14-26-25-13-6-4-3-5-9-27(13)14;/h11H,2-10H2,1H3,(H2,21,22,23);1H. The minimum atomic E-state index is -4.39. The normalized spacial score (nSPS) is 14.7. The molecule has 0 radical (unpaired) electrons. The molecule has 0 saturated heterocycles. The van der Waals surface area contributed by atoms with Crippen LogP contribution >= 0.6 is 35.3 Å². The monoisotopic (exact) mass is 543 g/mol. The zero-order valence-corrected chi connectivity index (χ0v) is 19.3. The van der Waals surface area contributed by atoms with E-state index in [2.05, 4.69) is 35.4 Å². The Morgan fingerprint density at radius 2 is 2.07 bits per heavy atom. The summed E-state index contributed by atoms with van der Waals surface area (Å²) in [6.07, 6.45) is 0.401. The van der Waals surface area contributed by atoms with Crippen molar-refractivity contribution in [3.05, 3.63) is 27.7 Å². The predicted molar refractivity (Wildman–Crippen MR) is 117 cm³/mol. The van der Waals surface area contributed by atoms with E-state index >= 15 is 0 Å². The molecule has 3 rings (SSSR count). The number of fused-ring (bicyclic) bond motifs is 1. The Morgan fingerprint density at radius 3 is 2.79 bits per heavy atom. The van der Waals surface area contributed by atoms with Crippen molar-refractivity contribution in [1.29, 1.82) is 0 Å². The van der Waals surface area contributed by atoms with Gasteiger partial charge in [0.05, 0.1) is 5.01 Å². The highest BCUT2D eigenvalue weighted by molar-refractivity contribution is 14.0. The molecule has 0 fully saturated rings. The largest absolute Gasteiger partial charge is 0.434 e. The van der Waals surface area contributed by atoms with Crippen LogP contribution in [0.15, 0.2) is 10.4 Å². The van der Waals surface area contributed by atoms with Crippen LogP contribution in [-0.4, -0.2) is 38.8 Å². The van der Waals surface area contributed by atoms with Gasteiger partial charge >= 0.3 is 6.18 Å². The van der Waals surface area contributed by atoms with Gasteiger partial charge in [-0.25, -0.2) is 9.98 Å². The first-order valence-corrected chi connectivity index (χ1v) is 10.3. The molecule has 2 aromatic heterocycles. The van der Waals surface area contributed by atoms with Crippen molar-refractivity contribution in [2.24, 2.45) is 4.99 Å². The molecule has 0 spiro atoms. The van der Waals surface area contributed by atoms with Crippen molar-refractivity contribution in [3.63, 3.8) is 0 Å². The Balaban J connectivity index is 0.00000300. The molecule has 0 saturated carbocycles. The Labute approximate surface area is 188 Å². The summed E-state index contributed by atoms with van der Waals surface area (Å²) in [5, 5.41) is 16.3. The predicted octanol–water partition coefficient (Wildman–Crippen LogP) is 3.40. The maximum atomic E-state index is 12.6. The molecule has 2 N–H and O–H groups in total. The lowest BCUT2D eigenvalue weighted by Crippen LogP contribution is -2.38. The highest BCUT2D eigenvalue weighted by atomic mass is 127. The summed E-state index contributed by atoms with van der Waals surface area (Å²) in [4.78, 5) is 8.18. The number of aryl methyl sites for hydroxylation is 1. The van der Waals surface area contributed by atoms with Crippen LogP contribution in [0.2, 0.25) is 0 Å². The third-order valence-electron chi connectivity index (χ3n) is 4.38. The molecule has 29 heavy (non-hydrogen) atoms. The number of rotatable bonds is 6. The Bertz CT molecular complexity index is 803. The average Bonchev–Trinajstić information content (AvgIpc) is 3.21. The number of nitrogens with zero attached hydrogens (tertiary/aromatic N) is 5. The molecule has 0 aliphatic carbocycles. The van der Waals surface area contributed by atoms with Crippen LogP contribution in [0.3, 0.4) is 0 Å². The summed E-state index contributed by atoms with van der Waals surface area (Å²) in [6.45, 7) is 4.39. The lowest BCUT2D eigenvalue weighted by molar-refractivity contribution is -0.140. The first kappa shape index (κ1) is 23.8. The van der Waals surface area contributed by atoms with Gasteiger partial charge in [0.1, 0.15) is 12.4 Å². The summed E-state index contributed by atoms with van der Waals surface area (Å²) in [7, 11) is 0. The lowest BCUT2D eigenvalue weighted by atomic mass is 10.2. The average molecular weight is 543 g/mol. The van der Waals surface area contributed by atoms with Gasteiger partial charge in [-0.3, -0.25) is 0 Å². The van der Waals surface area contributed by atoms with Crippen LogP contribution in [0.25, 0.3) is 0 Å². The number of halogens is 4. The summed E-state index contributed by atoms with van der Waals surface area (Å²) < 4.78 is 40.0. The van der Waals surface area contributed by atoms with E-state index in [-0.39, 0.29) is 24.0 Å². The fraction of sp³-hybridized carbons (Fsp3) is 0.647. The van der Waals surface area contributed by atoms with Gasteiger partial charge in [0.15, 0.2) is 17.5 Å². The smallest absolute Gasteiger partial charge is 0.357 e. The van der Waals surface area contributed by atoms with E-state index in [0.717, 1.165) is 54.2 Å². The number of nitrogens with one attached hydrogen (secondary N) is 2. The van der Waals surface area contributed by atoms with Crippen LogP contribution in [0.5, 0.6) is 0 Å². The molecule has 0 amide bonds.